The lowest BCUT2D eigenvalue weighted by atomic mass is 10.2. The molecular weight excluding hydrogens is 228 g/mol. The fraction of sp³-hybridized carbons (Fsp3) is 0.900. The van der Waals surface area contributed by atoms with Gasteiger partial charge in [-0.3, -0.25) is 4.79 Å². The Labute approximate surface area is 96.1 Å². The number of nitrogens with one attached hydrogen (secondary N) is 1. The molecule has 0 aliphatic carbocycles. The summed E-state index contributed by atoms with van der Waals surface area (Å²) in [7, 11) is -2.97. The van der Waals surface area contributed by atoms with Crippen molar-refractivity contribution in [2.75, 3.05) is 25.4 Å². The first-order valence-corrected chi connectivity index (χ1v) is 7.46. The minimum Gasteiger partial charge on any atom is -0.339 e. The summed E-state index contributed by atoms with van der Waals surface area (Å²) in [4.78, 5) is 13.7. The van der Waals surface area contributed by atoms with E-state index in [1.165, 1.54) is 0 Å². The van der Waals surface area contributed by atoms with Gasteiger partial charge in [-0.25, -0.2) is 8.42 Å². The highest BCUT2D eigenvalue weighted by Gasteiger charge is 2.34. The number of carbonyl (C=O) groups is 1. The monoisotopic (exact) mass is 246 g/mol. The second-order valence-electron chi connectivity index (χ2n) is 4.61. The Bertz CT molecular complexity index is 374. The summed E-state index contributed by atoms with van der Waals surface area (Å²) in [6, 6.07) is -0.0898. The number of sulfone groups is 1. The maximum Gasteiger partial charge on any atom is 0.239 e. The quantitative estimate of drug-likeness (QED) is 0.670. The third-order valence-corrected chi connectivity index (χ3v) is 5.53. The van der Waals surface area contributed by atoms with E-state index in [1.54, 1.807) is 11.8 Å². The van der Waals surface area contributed by atoms with E-state index in [0.29, 0.717) is 13.1 Å². The second kappa shape index (κ2) is 4.33. The molecule has 2 fully saturated rings. The fourth-order valence-corrected chi connectivity index (χ4v) is 3.55. The third kappa shape index (κ3) is 2.22. The van der Waals surface area contributed by atoms with Gasteiger partial charge >= 0.3 is 0 Å². The highest BCUT2D eigenvalue weighted by molar-refractivity contribution is 7.92. The van der Waals surface area contributed by atoms with Crippen LogP contribution < -0.4 is 5.32 Å². The Morgan fingerprint density at radius 1 is 1.44 bits per heavy atom. The van der Waals surface area contributed by atoms with Gasteiger partial charge in [0.25, 0.3) is 0 Å². The van der Waals surface area contributed by atoms with Crippen molar-refractivity contribution in [1.29, 1.82) is 0 Å². The highest BCUT2D eigenvalue weighted by atomic mass is 32.2. The zero-order chi connectivity index (χ0) is 11.8. The van der Waals surface area contributed by atoms with Gasteiger partial charge in [0.05, 0.1) is 17.0 Å². The summed E-state index contributed by atoms with van der Waals surface area (Å²) in [5, 5.41) is 2.72. The van der Waals surface area contributed by atoms with Crippen LogP contribution in [0.5, 0.6) is 0 Å². The first-order valence-electron chi connectivity index (χ1n) is 5.74. The van der Waals surface area contributed by atoms with Gasteiger partial charge in [-0.1, -0.05) is 0 Å². The molecule has 0 aromatic rings. The first kappa shape index (κ1) is 11.9. The lowest BCUT2D eigenvalue weighted by Gasteiger charge is -2.32. The number of nitrogens with zero attached hydrogens (tertiary/aromatic N) is 1. The van der Waals surface area contributed by atoms with Crippen LogP contribution in [-0.2, 0) is 14.6 Å². The van der Waals surface area contributed by atoms with Gasteiger partial charge in [-0.05, 0) is 26.3 Å². The molecule has 1 N–H and O–H groups in total. The molecule has 2 heterocycles. The largest absolute Gasteiger partial charge is 0.339 e. The third-order valence-electron chi connectivity index (χ3n) is 3.41. The normalized spacial score (nSPS) is 33.9. The van der Waals surface area contributed by atoms with Gasteiger partial charge in [0, 0.05) is 13.1 Å². The summed E-state index contributed by atoms with van der Waals surface area (Å²) >= 11 is 0. The average Bonchev–Trinajstić information content (AvgIpc) is 2.74. The fourth-order valence-electron chi connectivity index (χ4n) is 2.27. The Hall–Kier alpha value is -0.620. The first-order chi connectivity index (χ1) is 7.50. The van der Waals surface area contributed by atoms with Crippen LogP contribution in [0.15, 0.2) is 0 Å². The number of carbonyl (C=O) groups excluding carboxylic acids is 1. The van der Waals surface area contributed by atoms with Crippen LogP contribution in [0.1, 0.15) is 19.8 Å². The Balaban J connectivity index is 1.99. The van der Waals surface area contributed by atoms with Crippen molar-refractivity contribution >= 4 is 15.7 Å². The molecule has 0 bridgehead atoms. The van der Waals surface area contributed by atoms with E-state index in [2.05, 4.69) is 5.32 Å². The lowest BCUT2D eigenvalue weighted by molar-refractivity contribution is -0.133. The van der Waals surface area contributed by atoms with Crippen LogP contribution in [0.25, 0.3) is 0 Å². The summed E-state index contributed by atoms with van der Waals surface area (Å²) in [5.41, 5.74) is 0. The van der Waals surface area contributed by atoms with Crippen molar-refractivity contribution in [2.45, 2.75) is 31.1 Å². The SMILES string of the molecule is CC1CN(C(=O)C2CCCN2)CCS1(=O)=O. The summed E-state index contributed by atoms with van der Waals surface area (Å²) in [6.07, 6.45) is 1.90. The van der Waals surface area contributed by atoms with Crippen molar-refractivity contribution in [2.24, 2.45) is 0 Å². The molecule has 2 atom stereocenters. The molecule has 2 unspecified atom stereocenters. The standard InChI is InChI=1S/C10H18N2O3S/c1-8-7-12(5-6-16(8,14)15)10(13)9-3-2-4-11-9/h8-9,11H,2-7H2,1H3. The molecule has 0 saturated carbocycles. The molecule has 92 valence electrons. The smallest absolute Gasteiger partial charge is 0.239 e. The summed E-state index contributed by atoms with van der Waals surface area (Å²) < 4.78 is 23.0. The number of hydrogen-bond acceptors (Lipinski definition) is 4. The molecule has 6 heteroatoms. The highest BCUT2D eigenvalue weighted by Crippen LogP contribution is 2.15. The predicted octanol–water partition coefficient (Wildman–Crippen LogP) is -0.616. The lowest BCUT2D eigenvalue weighted by Crippen LogP contribution is -2.52. The molecular formula is C10H18N2O3S. The van der Waals surface area contributed by atoms with E-state index in [4.69, 9.17) is 0 Å². The minimum atomic E-state index is -2.97. The molecule has 5 nitrogen and oxygen atoms in total. The number of rotatable bonds is 1. The Morgan fingerprint density at radius 3 is 2.75 bits per heavy atom. The van der Waals surface area contributed by atoms with E-state index >= 15 is 0 Å². The number of hydrogen-bond donors (Lipinski definition) is 1. The van der Waals surface area contributed by atoms with Gasteiger partial charge in [0.1, 0.15) is 0 Å². The molecule has 2 rings (SSSR count). The van der Waals surface area contributed by atoms with Crippen molar-refractivity contribution in [3.05, 3.63) is 0 Å². The molecule has 0 spiro atoms. The zero-order valence-corrected chi connectivity index (χ0v) is 10.3. The van der Waals surface area contributed by atoms with Crippen LogP contribution in [-0.4, -0.2) is 55.9 Å². The van der Waals surface area contributed by atoms with Crippen molar-refractivity contribution in [1.82, 2.24) is 10.2 Å². The van der Waals surface area contributed by atoms with E-state index < -0.39 is 15.1 Å². The van der Waals surface area contributed by atoms with Crippen molar-refractivity contribution in [3.8, 4) is 0 Å². The topological polar surface area (TPSA) is 66.5 Å². The van der Waals surface area contributed by atoms with E-state index in [9.17, 15) is 13.2 Å². The van der Waals surface area contributed by atoms with E-state index in [0.717, 1.165) is 19.4 Å². The Kier molecular flexibility index (Phi) is 3.21. The molecule has 2 saturated heterocycles. The van der Waals surface area contributed by atoms with Gasteiger partial charge < -0.3 is 10.2 Å². The molecule has 0 aromatic carbocycles. The zero-order valence-electron chi connectivity index (χ0n) is 9.48. The van der Waals surface area contributed by atoms with Crippen LogP contribution in [0, 0.1) is 0 Å². The molecule has 2 aliphatic rings. The predicted molar refractivity (Wildman–Crippen MR) is 60.9 cm³/mol. The van der Waals surface area contributed by atoms with E-state index in [-0.39, 0.29) is 17.7 Å². The number of amides is 1. The molecule has 1 amide bonds. The molecule has 0 aromatic heterocycles. The van der Waals surface area contributed by atoms with Gasteiger partial charge in [-0.2, -0.15) is 0 Å². The van der Waals surface area contributed by atoms with Gasteiger partial charge in [0.15, 0.2) is 9.84 Å². The average molecular weight is 246 g/mol. The van der Waals surface area contributed by atoms with E-state index in [1.807, 2.05) is 0 Å². The van der Waals surface area contributed by atoms with Crippen molar-refractivity contribution < 1.29 is 13.2 Å². The van der Waals surface area contributed by atoms with Crippen molar-refractivity contribution in [3.63, 3.8) is 0 Å². The molecule has 2 aliphatic heterocycles. The van der Waals surface area contributed by atoms with Crippen LogP contribution in [0.4, 0.5) is 0 Å². The maximum absolute atomic E-state index is 12.0. The summed E-state index contributed by atoms with van der Waals surface area (Å²) in [5.74, 6) is 0.173. The van der Waals surface area contributed by atoms with Crippen LogP contribution in [0.3, 0.4) is 0 Å². The minimum absolute atomic E-state index is 0.0688. The molecule has 0 radical (unpaired) electrons. The summed E-state index contributed by atoms with van der Waals surface area (Å²) in [6.45, 7) is 3.26. The Morgan fingerprint density at radius 2 is 2.19 bits per heavy atom. The molecule has 16 heavy (non-hydrogen) atoms. The van der Waals surface area contributed by atoms with Gasteiger partial charge in [0.2, 0.25) is 5.91 Å². The second-order valence-corrected chi connectivity index (χ2v) is 7.15. The van der Waals surface area contributed by atoms with Crippen LogP contribution in [0.2, 0.25) is 0 Å². The van der Waals surface area contributed by atoms with Gasteiger partial charge in [-0.15, -0.1) is 0 Å². The maximum atomic E-state index is 12.0. The van der Waals surface area contributed by atoms with Crippen LogP contribution >= 0.6 is 0 Å².